The van der Waals surface area contributed by atoms with Crippen molar-refractivity contribution in [1.29, 1.82) is 0 Å². The van der Waals surface area contributed by atoms with Gasteiger partial charge in [-0.1, -0.05) is 60.2 Å². The monoisotopic (exact) mass is 318 g/mol. The van der Waals surface area contributed by atoms with E-state index < -0.39 is 6.04 Å². The lowest BCUT2D eigenvalue weighted by Crippen LogP contribution is -2.42. The maximum atomic E-state index is 12.2. The van der Waals surface area contributed by atoms with Gasteiger partial charge in [-0.15, -0.1) is 12.4 Å². The number of rotatable bonds is 5. The number of nitrogens with one attached hydrogen (secondary N) is 1. The summed E-state index contributed by atoms with van der Waals surface area (Å²) in [6.07, 6.45) is 0.549. The van der Waals surface area contributed by atoms with E-state index >= 15 is 0 Å². The average Bonchev–Trinajstić information content (AvgIpc) is 2.48. The van der Waals surface area contributed by atoms with Gasteiger partial charge in [-0.05, 0) is 31.4 Å². The molecule has 4 heteroatoms. The molecule has 2 aromatic rings. The summed E-state index contributed by atoms with van der Waals surface area (Å²) >= 11 is 0. The molecule has 0 fully saturated rings. The van der Waals surface area contributed by atoms with Crippen molar-refractivity contribution in [3.63, 3.8) is 0 Å². The first-order valence-corrected chi connectivity index (χ1v) is 7.22. The van der Waals surface area contributed by atoms with Gasteiger partial charge < -0.3 is 11.1 Å². The van der Waals surface area contributed by atoms with Gasteiger partial charge in [0.15, 0.2) is 0 Å². The lowest BCUT2D eigenvalue weighted by atomic mass is 10.0. The van der Waals surface area contributed by atoms with E-state index in [1.165, 1.54) is 5.56 Å². The third-order valence-electron chi connectivity index (χ3n) is 3.57. The van der Waals surface area contributed by atoms with Crippen molar-refractivity contribution < 1.29 is 4.79 Å². The van der Waals surface area contributed by atoms with E-state index in [2.05, 4.69) is 5.32 Å². The molecule has 2 atom stereocenters. The summed E-state index contributed by atoms with van der Waals surface area (Å²) in [4.78, 5) is 12.2. The minimum absolute atomic E-state index is 0. The van der Waals surface area contributed by atoms with Crippen LogP contribution in [-0.4, -0.2) is 11.9 Å². The third-order valence-corrected chi connectivity index (χ3v) is 3.57. The van der Waals surface area contributed by atoms with Crippen LogP contribution < -0.4 is 11.1 Å². The third kappa shape index (κ3) is 5.17. The fourth-order valence-corrected chi connectivity index (χ4v) is 2.22. The molecule has 0 aliphatic heterocycles. The summed E-state index contributed by atoms with van der Waals surface area (Å²) in [5.41, 5.74) is 9.35. The molecule has 118 valence electrons. The zero-order valence-corrected chi connectivity index (χ0v) is 13.8. The van der Waals surface area contributed by atoms with Crippen LogP contribution in [0.3, 0.4) is 0 Å². The lowest BCUT2D eigenvalue weighted by molar-refractivity contribution is -0.123. The quantitative estimate of drug-likeness (QED) is 0.889. The Labute approximate surface area is 138 Å². The average molecular weight is 319 g/mol. The first-order chi connectivity index (χ1) is 10.1. The summed E-state index contributed by atoms with van der Waals surface area (Å²) in [5.74, 6) is -0.119. The van der Waals surface area contributed by atoms with E-state index in [0.29, 0.717) is 6.42 Å². The summed E-state index contributed by atoms with van der Waals surface area (Å²) in [5, 5.41) is 2.97. The van der Waals surface area contributed by atoms with E-state index in [0.717, 1.165) is 11.1 Å². The van der Waals surface area contributed by atoms with Crippen molar-refractivity contribution in [2.75, 3.05) is 0 Å². The highest BCUT2D eigenvalue weighted by Crippen LogP contribution is 2.13. The van der Waals surface area contributed by atoms with Gasteiger partial charge in [0.1, 0.15) is 0 Å². The Kier molecular flexibility index (Phi) is 7.09. The lowest BCUT2D eigenvalue weighted by Gasteiger charge is -2.18. The maximum Gasteiger partial charge on any atom is 0.237 e. The maximum absolute atomic E-state index is 12.2. The highest BCUT2D eigenvalue weighted by atomic mass is 35.5. The molecule has 0 aromatic heterocycles. The molecule has 3 nitrogen and oxygen atoms in total. The minimum Gasteiger partial charge on any atom is -0.348 e. The molecule has 2 rings (SSSR count). The normalized spacial score (nSPS) is 12.9. The summed E-state index contributed by atoms with van der Waals surface area (Å²) in [6.45, 7) is 4.01. The standard InChI is InChI=1S/C18H22N2O.ClH/c1-13-8-10-16(11-9-13)14(2)20-18(21)17(19)12-15-6-4-3-5-7-15;/h3-11,14,17H,12,19H2,1-2H3,(H,20,21);1H/t14?,17-;/m0./s1. The van der Waals surface area contributed by atoms with Crippen LogP contribution in [0.4, 0.5) is 0 Å². The largest absolute Gasteiger partial charge is 0.348 e. The van der Waals surface area contributed by atoms with Gasteiger partial charge in [0, 0.05) is 0 Å². The molecule has 0 heterocycles. The number of hydrogen-bond donors (Lipinski definition) is 2. The molecule has 3 N–H and O–H groups in total. The van der Waals surface area contributed by atoms with Crippen LogP contribution in [-0.2, 0) is 11.2 Å². The van der Waals surface area contributed by atoms with E-state index in [1.807, 2.05) is 68.4 Å². The van der Waals surface area contributed by atoms with E-state index in [1.54, 1.807) is 0 Å². The number of hydrogen-bond acceptors (Lipinski definition) is 2. The summed E-state index contributed by atoms with van der Waals surface area (Å²) in [6, 6.07) is 17.4. The van der Waals surface area contributed by atoms with Gasteiger partial charge in [-0.3, -0.25) is 4.79 Å². The van der Waals surface area contributed by atoms with Crippen LogP contribution in [0.5, 0.6) is 0 Å². The van der Waals surface area contributed by atoms with Crippen LogP contribution >= 0.6 is 12.4 Å². The molecule has 0 spiro atoms. The highest BCUT2D eigenvalue weighted by molar-refractivity contribution is 5.85. The van der Waals surface area contributed by atoms with Gasteiger partial charge in [-0.2, -0.15) is 0 Å². The van der Waals surface area contributed by atoms with Crippen molar-refractivity contribution in [2.24, 2.45) is 5.73 Å². The molecule has 0 saturated carbocycles. The van der Waals surface area contributed by atoms with Gasteiger partial charge in [-0.25, -0.2) is 0 Å². The molecule has 0 saturated heterocycles. The number of halogens is 1. The van der Waals surface area contributed by atoms with Crippen LogP contribution in [0, 0.1) is 6.92 Å². The minimum atomic E-state index is -0.528. The number of carbonyl (C=O) groups is 1. The SMILES string of the molecule is Cc1ccc(C(C)NC(=O)[C@@H](N)Cc2ccccc2)cc1.Cl. The molecule has 0 bridgehead atoms. The molecule has 1 amide bonds. The predicted molar refractivity (Wildman–Crippen MR) is 93.1 cm³/mol. The summed E-state index contributed by atoms with van der Waals surface area (Å²) < 4.78 is 0. The van der Waals surface area contributed by atoms with Crippen molar-refractivity contribution in [2.45, 2.75) is 32.4 Å². The number of benzene rings is 2. The van der Waals surface area contributed by atoms with Crippen molar-refractivity contribution in [3.05, 3.63) is 71.3 Å². The zero-order chi connectivity index (χ0) is 15.2. The van der Waals surface area contributed by atoms with E-state index in [4.69, 9.17) is 5.73 Å². The second kappa shape index (κ2) is 8.57. The number of amides is 1. The number of nitrogens with two attached hydrogens (primary N) is 1. The molecule has 0 radical (unpaired) electrons. The Morgan fingerprint density at radius 3 is 2.27 bits per heavy atom. The highest BCUT2D eigenvalue weighted by Gasteiger charge is 2.16. The number of aryl methyl sites for hydroxylation is 1. The van der Waals surface area contributed by atoms with Crippen LogP contribution in [0.15, 0.2) is 54.6 Å². The second-order valence-corrected chi connectivity index (χ2v) is 5.44. The molecular weight excluding hydrogens is 296 g/mol. The fraction of sp³-hybridized carbons (Fsp3) is 0.278. The second-order valence-electron chi connectivity index (χ2n) is 5.44. The Balaban J connectivity index is 0.00000242. The molecule has 0 aliphatic rings. The van der Waals surface area contributed by atoms with Crippen LogP contribution in [0.2, 0.25) is 0 Å². The molecule has 22 heavy (non-hydrogen) atoms. The van der Waals surface area contributed by atoms with Gasteiger partial charge >= 0.3 is 0 Å². The van der Waals surface area contributed by atoms with Crippen LogP contribution in [0.1, 0.15) is 29.7 Å². The van der Waals surface area contributed by atoms with Crippen molar-refractivity contribution in [1.82, 2.24) is 5.32 Å². The van der Waals surface area contributed by atoms with Gasteiger partial charge in [0.05, 0.1) is 12.1 Å². The van der Waals surface area contributed by atoms with Crippen molar-refractivity contribution in [3.8, 4) is 0 Å². The molecular formula is C18H23ClN2O. The molecule has 0 aliphatic carbocycles. The molecule has 1 unspecified atom stereocenters. The fourth-order valence-electron chi connectivity index (χ4n) is 2.22. The van der Waals surface area contributed by atoms with E-state index in [-0.39, 0.29) is 24.4 Å². The van der Waals surface area contributed by atoms with Crippen molar-refractivity contribution >= 4 is 18.3 Å². The van der Waals surface area contributed by atoms with Crippen LogP contribution in [0.25, 0.3) is 0 Å². The van der Waals surface area contributed by atoms with E-state index in [9.17, 15) is 4.79 Å². The summed E-state index contributed by atoms with van der Waals surface area (Å²) in [7, 11) is 0. The Hall–Kier alpha value is -1.84. The Morgan fingerprint density at radius 2 is 1.68 bits per heavy atom. The van der Waals surface area contributed by atoms with Gasteiger partial charge in [0.25, 0.3) is 0 Å². The zero-order valence-electron chi connectivity index (χ0n) is 13.0. The number of carbonyl (C=O) groups excluding carboxylic acids is 1. The topological polar surface area (TPSA) is 55.1 Å². The first-order valence-electron chi connectivity index (χ1n) is 7.22. The van der Waals surface area contributed by atoms with Gasteiger partial charge in [0.2, 0.25) is 5.91 Å². The first kappa shape index (κ1) is 18.2. The Bertz CT molecular complexity index is 584. The smallest absolute Gasteiger partial charge is 0.237 e. The molecule has 2 aromatic carbocycles. The Morgan fingerprint density at radius 1 is 1.09 bits per heavy atom. The predicted octanol–water partition coefficient (Wildman–Crippen LogP) is 3.16.